The number of hydrogen-bond donors (Lipinski definition) is 0. The largest absolute Gasteiger partial charge is 0.481 e. The summed E-state index contributed by atoms with van der Waals surface area (Å²) >= 11 is 0. The van der Waals surface area contributed by atoms with Crippen LogP contribution in [-0.2, 0) is 10.2 Å². The first-order chi connectivity index (χ1) is 7.07. The van der Waals surface area contributed by atoms with Gasteiger partial charge in [-0.2, -0.15) is 0 Å². The standard InChI is InChI=1S/C13H17NO/c1-13(2,3)11-6-4-10(5-7-11)12-8-15-9-14-12/h4-7,9,12H,8H2,1-3H3. The van der Waals surface area contributed by atoms with Gasteiger partial charge in [-0.25, -0.2) is 4.99 Å². The average molecular weight is 203 g/mol. The van der Waals surface area contributed by atoms with Gasteiger partial charge in [0.25, 0.3) is 0 Å². The van der Waals surface area contributed by atoms with E-state index >= 15 is 0 Å². The number of rotatable bonds is 1. The lowest BCUT2D eigenvalue weighted by Crippen LogP contribution is -2.11. The second kappa shape index (κ2) is 3.69. The molecular weight excluding hydrogens is 186 g/mol. The molecule has 15 heavy (non-hydrogen) atoms. The minimum absolute atomic E-state index is 0.194. The number of benzene rings is 1. The molecule has 0 radical (unpaired) electrons. The average Bonchev–Trinajstić information content (AvgIpc) is 2.69. The summed E-state index contributed by atoms with van der Waals surface area (Å²) in [6.07, 6.45) is 1.54. The van der Waals surface area contributed by atoms with Crippen LogP contribution in [0.4, 0.5) is 0 Å². The van der Waals surface area contributed by atoms with E-state index in [1.165, 1.54) is 11.1 Å². The molecule has 1 unspecified atom stereocenters. The molecule has 1 aromatic rings. The summed E-state index contributed by atoms with van der Waals surface area (Å²) in [5, 5.41) is 0. The molecule has 0 N–H and O–H groups in total. The van der Waals surface area contributed by atoms with Gasteiger partial charge in [0.1, 0.15) is 12.6 Å². The van der Waals surface area contributed by atoms with E-state index in [9.17, 15) is 0 Å². The number of aliphatic imine (C=N–C) groups is 1. The van der Waals surface area contributed by atoms with E-state index in [4.69, 9.17) is 4.74 Å². The molecule has 2 rings (SSSR count). The molecule has 0 fully saturated rings. The third-order valence-electron chi connectivity index (χ3n) is 2.73. The zero-order valence-electron chi connectivity index (χ0n) is 9.53. The zero-order valence-corrected chi connectivity index (χ0v) is 9.53. The van der Waals surface area contributed by atoms with Crippen molar-refractivity contribution in [3.8, 4) is 0 Å². The highest BCUT2D eigenvalue weighted by Gasteiger charge is 2.16. The zero-order chi connectivity index (χ0) is 10.9. The molecule has 0 aliphatic carbocycles. The third-order valence-corrected chi connectivity index (χ3v) is 2.73. The second-order valence-electron chi connectivity index (χ2n) is 4.98. The number of hydrogen-bond acceptors (Lipinski definition) is 2. The number of nitrogens with zero attached hydrogens (tertiary/aromatic N) is 1. The van der Waals surface area contributed by atoms with E-state index in [0.717, 1.165) is 0 Å². The lowest BCUT2D eigenvalue weighted by Gasteiger charge is -2.19. The van der Waals surface area contributed by atoms with Crippen molar-refractivity contribution in [1.82, 2.24) is 0 Å². The quantitative estimate of drug-likeness (QED) is 0.687. The molecule has 0 saturated carbocycles. The second-order valence-corrected chi connectivity index (χ2v) is 4.98. The Bertz CT molecular complexity index is 359. The molecular formula is C13H17NO. The SMILES string of the molecule is CC(C)(C)c1ccc(C2COC=N2)cc1. The van der Waals surface area contributed by atoms with Crippen molar-refractivity contribution < 1.29 is 4.74 Å². The van der Waals surface area contributed by atoms with Crippen molar-refractivity contribution >= 4 is 6.40 Å². The fourth-order valence-electron chi connectivity index (χ4n) is 1.68. The molecule has 0 bridgehead atoms. The molecule has 0 saturated heterocycles. The monoisotopic (exact) mass is 203 g/mol. The van der Waals surface area contributed by atoms with Gasteiger partial charge in [0.05, 0.1) is 0 Å². The summed E-state index contributed by atoms with van der Waals surface area (Å²) < 4.78 is 5.12. The Labute approximate surface area is 91.0 Å². The maximum absolute atomic E-state index is 5.12. The van der Waals surface area contributed by atoms with E-state index in [2.05, 4.69) is 50.0 Å². The predicted molar refractivity (Wildman–Crippen MR) is 62.3 cm³/mol. The topological polar surface area (TPSA) is 21.6 Å². The van der Waals surface area contributed by atoms with Gasteiger partial charge in [-0.1, -0.05) is 45.0 Å². The minimum atomic E-state index is 0.194. The van der Waals surface area contributed by atoms with Crippen LogP contribution in [0.15, 0.2) is 29.3 Å². The van der Waals surface area contributed by atoms with Crippen LogP contribution in [0.25, 0.3) is 0 Å². The molecule has 2 heteroatoms. The van der Waals surface area contributed by atoms with Crippen molar-refractivity contribution in [2.24, 2.45) is 4.99 Å². The van der Waals surface area contributed by atoms with Crippen LogP contribution in [0.2, 0.25) is 0 Å². The van der Waals surface area contributed by atoms with Gasteiger partial charge < -0.3 is 4.74 Å². The van der Waals surface area contributed by atoms with Gasteiger partial charge in [-0.15, -0.1) is 0 Å². The number of ether oxygens (including phenoxy) is 1. The highest BCUT2D eigenvalue weighted by Crippen LogP contribution is 2.26. The predicted octanol–water partition coefficient (Wildman–Crippen LogP) is 3.08. The van der Waals surface area contributed by atoms with Crippen molar-refractivity contribution in [3.63, 3.8) is 0 Å². The lowest BCUT2D eigenvalue weighted by molar-refractivity contribution is 0.330. The Morgan fingerprint density at radius 3 is 2.33 bits per heavy atom. The van der Waals surface area contributed by atoms with Crippen molar-refractivity contribution in [2.75, 3.05) is 6.61 Å². The van der Waals surface area contributed by atoms with Crippen LogP contribution in [0.5, 0.6) is 0 Å². The summed E-state index contributed by atoms with van der Waals surface area (Å²) in [5.41, 5.74) is 2.81. The summed E-state index contributed by atoms with van der Waals surface area (Å²) in [4.78, 5) is 4.25. The fraction of sp³-hybridized carbons (Fsp3) is 0.462. The van der Waals surface area contributed by atoms with Gasteiger partial charge in [0, 0.05) is 0 Å². The van der Waals surface area contributed by atoms with Gasteiger partial charge in [0.2, 0.25) is 0 Å². The fourth-order valence-corrected chi connectivity index (χ4v) is 1.68. The lowest BCUT2D eigenvalue weighted by atomic mass is 9.86. The van der Waals surface area contributed by atoms with Crippen LogP contribution in [0.3, 0.4) is 0 Å². The van der Waals surface area contributed by atoms with E-state index in [1.807, 2.05) is 0 Å². The van der Waals surface area contributed by atoms with Gasteiger partial charge in [0.15, 0.2) is 6.40 Å². The first-order valence-corrected chi connectivity index (χ1v) is 5.31. The van der Waals surface area contributed by atoms with Crippen LogP contribution in [0.1, 0.15) is 37.9 Å². The molecule has 1 aliphatic rings. The minimum Gasteiger partial charge on any atom is -0.481 e. The van der Waals surface area contributed by atoms with E-state index in [1.54, 1.807) is 6.40 Å². The molecule has 80 valence electrons. The summed E-state index contributed by atoms with van der Waals surface area (Å²) in [6, 6.07) is 8.86. The van der Waals surface area contributed by atoms with Crippen LogP contribution >= 0.6 is 0 Å². The maximum Gasteiger partial charge on any atom is 0.170 e. The summed E-state index contributed by atoms with van der Waals surface area (Å²) in [5.74, 6) is 0. The van der Waals surface area contributed by atoms with Crippen molar-refractivity contribution in [3.05, 3.63) is 35.4 Å². The van der Waals surface area contributed by atoms with Crippen molar-refractivity contribution in [1.29, 1.82) is 0 Å². The summed E-state index contributed by atoms with van der Waals surface area (Å²) in [6.45, 7) is 7.34. The Balaban J connectivity index is 2.20. The first kappa shape index (κ1) is 10.2. The normalized spacial score (nSPS) is 20.3. The highest BCUT2D eigenvalue weighted by molar-refractivity contribution is 5.50. The molecule has 0 spiro atoms. The molecule has 1 aliphatic heterocycles. The van der Waals surface area contributed by atoms with E-state index in [-0.39, 0.29) is 11.5 Å². The summed E-state index contributed by atoms with van der Waals surface area (Å²) in [7, 11) is 0. The van der Waals surface area contributed by atoms with E-state index in [0.29, 0.717) is 6.61 Å². The van der Waals surface area contributed by atoms with Crippen LogP contribution in [0, 0.1) is 0 Å². The smallest absolute Gasteiger partial charge is 0.170 e. The Hall–Kier alpha value is -1.31. The van der Waals surface area contributed by atoms with Gasteiger partial charge >= 0.3 is 0 Å². The maximum atomic E-state index is 5.12. The van der Waals surface area contributed by atoms with Gasteiger partial charge in [-0.3, -0.25) is 0 Å². The van der Waals surface area contributed by atoms with Crippen molar-refractivity contribution in [2.45, 2.75) is 32.2 Å². The molecule has 2 nitrogen and oxygen atoms in total. The first-order valence-electron chi connectivity index (χ1n) is 5.31. The van der Waals surface area contributed by atoms with E-state index < -0.39 is 0 Å². The molecule has 0 amide bonds. The molecule has 1 aromatic carbocycles. The Morgan fingerprint density at radius 1 is 1.20 bits per heavy atom. The molecule has 0 aromatic heterocycles. The third kappa shape index (κ3) is 2.20. The Morgan fingerprint density at radius 2 is 1.87 bits per heavy atom. The van der Waals surface area contributed by atoms with Crippen LogP contribution in [-0.4, -0.2) is 13.0 Å². The van der Waals surface area contributed by atoms with Crippen LogP contribution < -0.4 is 0 Å². The van der Waals surface area contributed by atoms with Gasteiger partial charge in [-0.05, 0) is 16.5 Å². The molecule has 1 heterocycles. The Kier molecular flexibility index (Phi) is 2.51. The highest BCUT2D eigenvalue weighted by atomic mass is 16.5. The molecule has 1 atom stereocenters.